The third kappa shape index (κ3) is 4.22. The van der Waals surface area contributed by atoms with Crippen molar-refractivity contribution < 1.29 is 14.0 Å². The van der Waals surface area contributed by atoms with Gasteiger partial charge in [-0.25, -0.2) is 4.98 Å². The number of hydrogen-bond donors (Lipinski definition) is 2. The second-order valence-electron chi connectivity index (χ2n) is 6.24. The highest BCUT2D eigenvalue weighted by Gasteiger charge is 2.16. The minimum Gasteiger partial charge on any atom is -0.467 e. The molecule has 0 saturated heterocycles. The molecule has 0 aliphatic heterocycles. The molecule has 8 nitrogen and oxygen atoms in total. The van der Waals surface area contributed by atoms with Crippen molar-refractivity contribution >= 4 is 22.7 Å². The number of furan rings is 1. The zero-order chi connectivity index (χ0) is 19.4. The molecule has 2 N–H and O–H groups in total. The first-order chi connectivity index (χ1) is 13.0. The van der Waals surface area contributed by atoms with Gasteiger partial charge in [-0.2, -0.15) is 0 Å². The Balaban J connectivity index is 1.62. The summed E-state index contributed by atoms with van der Waals surface area (Å²) in [6.45, 7) is 3.46. The summed E-state index contributed by atoms with van der Waals surface area (Å²) in [6, 6.07) is 8.04. The summed E-state index contributed by atoms with van der Waals surface area (Å²) in [7, 11) is 0. The quantitative estimate of drug-likeness (QED) is 0.678. The standard InChI is InChI=1S/C19H20N4O4/c1-12-5-3-7-15-17(12)21-11-23(19(15)26)10-16(24)22-13(2)18(25)20-9-14-6-4-8-27-14/h3-8,11,13H,9-10H2,1-2H3,(H,20,25)(H,22,24)/t13-/m1/s1. The Morgan fingerprint density at radius 2 is 2.07 bits per heavy atom. The molecule has 1 atom stereocenters. The number of aryl methyl sites for hydroxylation is 1. The molecule has 3 rings (SSSR count). The van der Waals surface area contributed by atoms with Gasteiger partial charge in [-0.05, 0) is 37.6 Å². The van der Waals surface area contributed by atoms with E-state index in [1.807, 2.05) is 13.0 Å². The van der Waals surface area contributed by atoms with Gasteiger partial charge in [0.15, 0.2) is 0 Å². The zero-order valence-corrected chi connectivity index (χ0v) is 15.1. The monoisotopic (exact) mass is 368 g/mol. The summed E-state index contributed by atoms with van der Waals surface area (Å²) in [6.07, 6.45) is 2.86. The van der Waals surface area contributed by atoms with Gasteiger partial charge in [0, 0.05) is 0 Å². The van der Waals surface area contributed by atoms with Gasteiger partial charge in [-0.15, -0.1) is 0 Å². The largest absolute Gasteiger partial charge is 0.467 e. The lowest BCUT2D eigenvalue weighted by Crippen LogP contribution is -2.46. The van der Waals surface area contributed by atoms with Crippen LogP contribution in [0.2, 0.25) is 0 Å². The fraction of sp³-hybridized carbons (Fsp3) is 0.263. The van der Waals surface area contributed by atoms with Crippen LogP contribution in [0.4, 0.5) is 0 Å². The Hall–Kier alpha value is -3.42. The topological polar surface area (TPSA) is 106 Å². The lowest BCUT2D eigenvalue weighted by atomic mass is 10.1. The molecular weight excluding hydrogens is 348 g/mol. The Bertz CT molecular complexity index is 1020. The maximum atomic E-state index is 12.5. The Morgan fingerprint density at radius 1 is 1.26 bits per heavy atom. The van der Waals surface area contributed by atoms with Gasteiger partial charge in [-0.3, -0.25) is 19.0 Å². The Labute approximate surface area is 155 Å². The summed E-state index contributed by atoms with van der Waals surface area (Å²) in [5, 5.41) is 5.70. The van der Waals surface area contributed by atoms with E-state index in [0.29, 0.717) is 16.7 Å². The number of para-hydroxylation sites is 1. The van der Waals surface area contributed by atoms with Crippen LogP contribution in [0.3, 0.4) is 0 Å². The molecule has 0 aliphatic carbocycles. The number of nitrogens with one attached hydrogen (secondary N) is 2. The molecule has 0 bridgehead atoms. The normalized spacial score (nSPS) is 11.9. The van der Waals surface area contributed by atoms with E-state index < -0.39 is 11.9 Å². The summed E-state index contributed by atoms with van der Waals surface area (Å²) in [5.74, 6) is -0.183. The lowest BCUT2D eigenvalue weighted by Gasteiger charge is -2.14. The highest BCUT2D eigenvalue weighted by Crippen LogP contribution is 2.11. The van der Waals surface area contributed by atoms with Gasteiger partial charge in [0.25, 0.3) is 5.56 Å². The van der Waals surface area contributed by atoms with E-state index in [0.717, 1.165) is 5.56 Å². The van der Waals surface area contributed by atoms with Gasteiger partial charge in [0.2, 0.25) is 11.8 Å². The molecule has 0 radical (unpaired) electrons. The van der Waals surface area contributed by atoms with Crippen molar-refractivity contribution in [3.63, 3.8) is 0 Å². The van der Waals surface area contributed by atoms with Crippen LogP contribution in [-0.2, 0) is 22.7 Å². The molecule has 2 amide bonds. The van der Waals surface area contributed by atoms with Crippen molar-refractivity contribution in [3.05, 3.63) is 64.6 Å². The molecule has 0 spiro atoms. The predicted octanol–water partition coefficient (Wildman–Crippen LogP) is 1.12. The maximum absolute atomic E-state index is 12.5. The average molecular weight is 368 g/mol. The van der Waals surface area contributed by atoms with E-state index in [1.165, 1.54) is 17.2 Å². The number of aromatic nitrogens is 2. The number of hydrogen-bond acceptors (Lipinski definition) is 5. The smallest absolute Gasteiger partial charge is 0.261 e. The number of rotatable bonds is 6. The SMILES string of the molecule is Cc1cccc2c(=O)n(CC(=O)N[C@H](C)C(=O)NCc3ccco3)cnc12. The fourth-order valence-electron chi connectivity index (χ4n) is 2.70. The van der Waals surface area contributed by atoms with Crippen LogP contribution < -0.4 is 16.2 Å². The molecule has 140 valence electrons. The van der Waals surface area contributed by atoms with Gasteiger partial charge in [-0.1, -0.05) is 12.1 Å². The summed E-state index contributed by atoms with van der Waals surface area (Å²) < 4.78 is 6.36. The highest BCUT2D eigenvalue weighted by molar-refractivity contribution is 5.87. The Morgan fingerprint density at radius 3 is 2.81 bits per heavy atom. The molecule has 0 aliphatic rings. The summed E-state index contributed by atoms with van der Waals surface area (Å²) >= 11 is 0. The zero-order valence-electron chi connectivity index (χ0n) is 15.1. The maximum Gasteiger partial charge on any atom is 0.261 e. The first-order valence-electron chi connectivity index (χ1n) is 8.50. The van der Waals surface area contributed by atoms with Crippen LogP contribution in [0.5, 0.6) is 0 Å². The molecular formula is C19H20N4O4. The molecule has 2 heterocycles. The molecule has 0 unspecified atom stereocenters. The molecule has 0 saturated carbocycles. The number of benzene rings is 1. The van der Waals surface area contributed by atoms with Crippen molar-refractivity contribution in [1.29, 1.82) is 0 Å². The van der Waals surface area contributed by atoms with Crippen LogP contribution in [0.25, 0.3) is 10.9 Å². The lowest BCUT2D eigenvalue weighted by molar-refractivity contribution is -0.129. The third-order valence-electron chi connectivity index (χ3n) is 4.16. The molecule has 1 aromatic carbocycles. The van der Waals surface area contributed by atoms with Gasteiger partial charge >= 0.3 is 0 Å². The minimum absolute atomic E-state index is 0.217. The van der Waals surface area contributed by atoms with Crippen LogP contribution in [0.1, 0.15) is 18.2 Å². The van der Waals surface area contributed by atoms with E-state index in [1.54, 1.807) is 31.2 Å². The number of carbonyl (C=O) groups is 2. The van der Waals surface area contributed by atoms with Crippen molar-refractivity contribution in [2.24, 2.45) is 0 Å². The van der Waals surface area contributed by atoms with Gasteiger partial charge in [0.1, 0.15) is 18.3 Å². The average Bonchev–Trinajstić information content (AvgIpc) is 3.16. The van der Waals surface area contributed by atoms with Crippen LogP contribution in [-0.4, -0.2) is 27.4 Å². The summed E-state index contributed by atoms with van der Waals surface area (Å²) in [5.41, 5.74) is 1.21. The van der Waals surface area contributed by atoms with Crippen molar-refractivity contribution in [3.8, 4) is 0 Å². The predicted molar refractivity (Wildman–Crippen MR) is 98.9 cm³/mol. The first kappa shape index (κ1) is 18.4. The first-order valence-corrected chi connectivity index (χ1v) is 8.50. The van der Waals surface area contributed by atoms with E-state index in [4.69, 9.17) is 4.42 Å². The van der Waals surface area contributed by atoms with Crippen LogP contribution >= 0.6 is 0 Å². The van der Waals surface area contributed by atoms with Crippen molar-refractivity contribution in [2.75, 3.05) is 0 Å². The second kappa shape index (κ2) is 7.86. The van der Waals surface area contributed by atoms with E-state index in [-0.39, 0.29) is 24.6 Å². The number of nitrogens with zero attached hydrogens (tertiary/aromatic N) is 2. The minimum atomic E-state index is -0.751. The molecule has 0 fully saturated rings. The number of carbonyl (C=O) groups excluding carboxylic acids is 2. The Kier molecular flexibility index (Phi) is 5.35. The van der Waals surface area contributed by atoms with E-state index in [9.17, 15) is 14.4 Å². The number of amides is 2. The van der Waals surface area contributed by atoms with E-state index in [2.05, 4.69) is 15.6 Å². The molecule has 2 aromatic heterocycles. The summed E-state index contributed by atoms with van der Waals surface area (Å²) in [4.78, 5) is 41.1. The van der Waals surface area contributed by atoms with Gasteiger partial charge in [0.05, 0.1) is 30.0 Å². The molecule has 3 aromatic rings. The van der Waals surface area contributed by atoms with E-state index >= 15 is 0 Å². The second-order valence-corrected chi connectivity index (χ2v) is 6.24. The van der Waals surface area contributed by atoms with Crippen molar-refractivity contribution in [1.82, 2.24) is 20.2 Å². The molecule has 8 heteroatoms. The third-order valence-corrected chi connectivity index (χ3v) is 4.16. The highest BCUT2D eigenvalue weighted by atomic mass is 16.3. The fourth-order valence-corrected chi connectivity index (χ4v) is 2.70. The van der Waals surface area contributed by atoms with Crippen LogP contribution in [0, 0.1) is 6.92 Å². The van der Waals surface area contributed by atoms with Crippen LogP contribution in [0.15, 0.2) is 52.1 Å². The van der Waals surface area contributed by atoms with Gasteiger partial charge < -0.3 is 15.1 Å². The molecule has 27 heavy (non-hydrogen) atoms. The van der Waals surface area contributed by atoms with Crippen molar-refractivity contribution in [2.45, 2.75) is 33.0 Å². The number of fused-ring (bicyclic) bond motifs is 1.